The zero-order valence-electron chi connectivity index (χ0n) is 35.4. The summed E-state index contributed by atoms with van der Waals surface area (Å²) in [6.45, 7) is 4.54. The van der Waals surface area contributed by atoms with Gasteiger partial charge in [0.1, 0.15) is 5.84 Å². The van der Waals surface area contributed by atoms with Gasteiger partial charge in [-0.25, -0.2) is 4.99 Å². The van der Waals surface area contributed by atoms with Gasteiger partial charge >= 0.3 is 0 Å². The van der Waals surface area contributed by atoms with Gasteiger partial charge in [-0.2, -0.15) is 0 Å². The van der Waals surface area contributed by atoms with Crippen molar-refractivity contribution in [2.45, 2.75) is 12.3 Å². The molecule has 0 fully saturated rings. The maximum atomic E-state index is 6.56. The van der Waals surface area contributed by atoms with Crippen molar-refractivity contribution >= 4 is 38.9 Å². The topological polar surface area (TPSA) is 43.3 Å². The predicted octanol–water partition coefficient (Wildman–Crippen LogP) is 14.9. The molecule has 10 aromatic rings. The minimum Gasteiger partial charge on any atom is -0.383 e. The van der Waals surface area contributed by atoms with E-state index >= 15 is 0 Å². The smallest absolute Gasteiger partial charge is 0.131 e. The van der Waals surface area contributed by atoms with Crippen molar-refractivity contribution in [1.82, 2.24) is 4.57 Å². The molecule has 0 radical (unpaired) electrons. The van der Waals surface area contributed by atoms with Crippen molar-refractivity contribution in [2.24, 2.45) is 10.7 Å². The van der Waals surface area contributed by atoms with Crippen molar-refractivity contribution in [2.75, 3.05) is 0 Å². The lowest BCUT2D eigenvalue weighted by Gasteiger charge is -2.29. The van der Waals surface area contributed by atoms with Crippen LogP contribution in [0.5, 0.6) is 0 Å². The Morgan fingerprint density at radius 2 is 1.05 bits per heavy atom. The zero-order chi connectivity index (χ0) is 43.0. The first-order valence-electron chi connectivity index (χ1n) is 21.9. The Balaban J connectivity index is 0.991. The molecule has 2 N–H and O–H groups in total. The van der Waals surface area contributed by atoms with Gasteiger partial charge in [0.25, 0.3) is 0 Å². The van der Waals surface area contributed by atoms with Gasteiger partial charge in [-0.3, -0.25) is 0 Å². The number of amidine groups is 1. The summed E-state index contributed by atoms with van der Waals surface area (Å²) in [6.07, 6.45) is 3.02. The Bertz CT molecular complexity index is 3410. The molecule has 0 spiro atoms. The van der Waals surface area contributed by atoms with Crippen molar-refractivity contribution in [3.8, 4) is 39.1 Å². The number of fused-ring (bicyclic) bond motifs is 6. The third kappa shape index (κ3) is 7.23. The van der Waals surface area contributed by atoms with Crippen LogP contribution in [0.1, 0.15) is 39.3 Å². The minimum absolute atomic E-state index is 0.339. The maximum absolute atomic E-state index is 6.56. The van der Waals surface area contributed by atoms with E-state index in [1.54, 1.807) is 0 Å². The molecule has 64 heavy (non-hydrogen) atoms. The summed E-state index contributed by atoms with van der Waals surface area (Å²) >= 11 is 0. The predicted molar refractivity (Wildman–Crippen MR) is 270 cm³/mol. The van der Waals surface area contributed by atoms with Gasteiger partial charge in [0.15, 0.2) is 0 Å². The van der Waals surface area contributed by atoms with Crippen LogP contribution >= 0.6 is 0 Å². The molecule has 0 saturated heterocycles. The lowest BCUT2D eigenvalue weighted by Crippen LogP contribution is -2.13. The maximum Gasteiger partial charge on any atom is 0.131 e. The molecule has 1 unspecified atom stereocenters. The number of para-hydroxylation sites is 1. The highest BCUT2D eigenvalue weighted by atomic mass is 15.0. The first-order chi connectivity index (χ1) is 31.6. The van der Waals surface area contributed by atoms with Gasteiger partial charge < -0.3 is 10.3 Å². The van der Waals surface area contributed by atoms with Gasteiger partial charge in [-0.05, 0) is 122 Å². The molecule has 1 heterocycles. The highest BCUT2D eigenvalue weighted by Crippen LogP contribution is 2.45. The van der Waals surface area contributed by atoms with Crippen LogP contribution in [-0.2, 0) is 6.42 Å². The third-order valence-corrected chi connectivity index (χ3v) is 12.7. The SMILES string of the molecule is C=C(C=C(N=C(N)c1ccccc1)c1ccccc1)c1cccc(-c2ccc3c(c2)c2cc(-c4ccc5c(c4)-c4ccccc4C(c4ccccc4)C5)ccc2n3-c2ccccc2)c1. The standard InChI is InChI=1S/C61H45N3/c1-41(35-58(43-19-8-3-9-20-43)63-61(62)44-21-10-4-11-22-44)45-23-16-24-46(36-45)48-31-33-59-56(38-48)57-39-49(32-34-60(57)64(59)51-25-12-5-13-26-51)47-29-30-50-40-54(42-17-6-2-7-18-42)52-27-14-15-28-53(52)55(50)37-47/h2-39,54H,1,40H2,(H2,62,63). The lowest BCUT2D eigenvalue weighted by molar-refractivity contribution is 0.794. The van der Waals surface area contributed by atoms with Crippen molar-refractivity contribution in [1.29, 1.82) is 0 Å². The summed E-state index contributed by atoms with van der Waals surface area (Å²) in [5, 5.41) is 2.42. The van der Waals surface area contributed by atoms with E-state index in [1.807, 2.05) is 54.6 Å². The van der Waals surface area contributed by atoms with Crippen LogP contribution in [-0.4, -0.2) is 10.4 Å². The molecule has 0 amide bonds. The van der Waals surface area contributed by atoms with E-state index in [0.29, 0.717) is 11.8 Å². The molecule has 1 aliphatic rings. The Hall–Kier alpha value is -8.27. The van der Waals surface area contributed by atoms with E-state index in [1.165, 1.54) is 60.8 Å². The van der Waals surface area contributed by atoms with E-state index in [0.717, 1.165) is 51.2 Å². The zero-order valence-corrected chi connectivity index (χ0v) is 35.4. The Kier molecular flexibility index (Phi) is 9.99. The fourth-order valence-corrected chi connectivity index (χ4v) is 9.52. The van der Waals surface area contributed by atoms with Crippen LogP contribution in [0, 0.1) is 0 Å². The Labute approximate surface area is 374 Å². The monoisotopic (exact) mass is 819 g/mol. The molecule has 1 atom stereocenters. The van der Waals surface area contributed by atoms with E-state index in [4.69, 9.17) is 10.7 Å². The van der Waals surface area contributed by atoms with Crippen LogP contribution in [0.15, 0.2) is 242 Å². The molecule has 0 bridgehead atoms. The molecule has 1 aromatic heterocycles. The second-order valence-electron chi connectivity index (χ2n) is 16.6. The summed E-state index contributed by atoms with van der Waals surface area (Å²) in [7, 11) is 0. The number of benzene rings is 9. The summed E-state index contributed by atoms with van der Waals surface area (Å²) < 4.78 is 2.39. The molecule has 0 saturated carbocycles. The van der Waals surface area contributed by atoms with Crippen molar-refractivity contribution < 1.29 is 0 Å². The van der Waals surface area contributed by atoms with Gasteiger partial charge in [0, 0.05) is 33.5 Å². The van der Waals surface area contributed by atoms with Crippen LogP contribution in [0.2, 0.25) is 0 Å². The van der Waals surface area contributed by atoms with E-state index < -0.39 is 0 Å². The first-order valence-corrected chi connectivity index (χ1v) is 21.9. The minimum atomic E-state index is 0.339. The molecule has 0 aliphatic heterocycles. The number of hydrogen-bond acceptors (Lipinski definition) is 1. The van der Waals surface area contributed by atoms with E-state index in [9.17, 15) is 0 Å². The van der Waals surface area contributed by atoms with E-state index in [2.05, 4.69) is 187 Å². The molecule has 3 heteroatoms. The highest BCUT2D eigenvalue weighted by molar-refractivity contribution is 6.12. The van der Waals surface area contributed by atoms with Gasteiger partial charge in [-0.1, -0.05) is 183 Å². The fourth-order valence-electron chi connectivity index (χ4n) is 9.52. The van der Waals surface area contributed by atoms with Gasteiger partial charge in [-0.15, -0.1) is 0 Å². The molecule has 1 aliphatic carbocycles. The molecule has 3 nitrogen and oxygen atoms in total. The van der Waals surface area contributed by atoms with Crippen LogP contribution in [0.4, 0.5) is 0 Å². The van der Waals surface area contributed by atoms with E-state index in [-0.39, 0.29) is 0 Å². The number of rotatable bonds is 9. The molecule has 9 aromatic carbocycles. The number of aromatic nitrogens is 1. The fraction of sp³-hybridized carbons (Fsp3) is 0.0328. The number of nitrogens with two attached hydrogens (primary N) is 1. The van der Waals surface area contributed by atoms with Crippen molar-refractivity contribution in [3.05, 3.63) is 270 Å². The molecular formula is C61H45N3. The number of allylic oxidation sites excluding steroid dienone is 2. The summed E-state index contributed by atoms with van der Waals surface area (Å²) in [6, 6.07) is 80.1. The summed E-state index contributed by atoms with van der Waals surface area (Å²) in [5.74, 6) is 0.795. The second-order valence-corrected chi connectivity index (χ2v) is 16.6. The molecular weight excluding hydrogens is 775 g/mol. The normalized spacial score (nSPS) is 13.7. The Morgan fingerprint density at radius 1 is 0.500 bits per heavy atom. The van der Waals surface area contributed by atoms with Crippen LogP contribution in [0.25, 0.3) is 72.1 Å². The molecule has 304 valence electrons. The third-order valence-electron chi connectivity index (χ3n) is 12.7. The first kappa shape index (κ1) is 38.6. The average molecular weight is 820 g/mol. The largest absolute Gasteiger partial charge is 0.383 e. The Morgan fingerprint density at radius 3 is 1.73 bits per heavy atom. The number of nitrogens with zero attached hydrogens (tertiary/aromatic N) is 2. The average Bonchev–Trinajstić information content (AvgIpc) is 3.70. The lowest BCUT2D eigenvalue weighted by atomic mass is 9.75. The van der Waals surface area contributed by atoms with Gasteiger partial charge in [0.05, 0.1) is 16.7 Å². The number of hydrogen-bond donors (Lipinski definition) is 1. The number of aliphatic imine (C=N–C) groups is 1. The second kappa shape index (κ2) is 16.5. The van der Waals surface area contributed by atoms with Crippen LogP contribution in [0.3, 0.4) is 0 Å². The highest BCUT2D eigenvalue weighted by Gasteiger charge is 2.26. The quantitative estimate of drug-likeness (QED) is 0.0880. The molecule has 11 rings (SSSR count). The van der Waals surface area contributed by atoms with Crippen LogP contribution < -0.4 is 5.73 Å². The van der Waals surface area contributed by atoms with Crippen molar-refractivity contribution in [3.63, 3.8) is 0 Å². The summed E-state index contributed by atoms with van der Waals surface area (Å²) in [4.78, 5) is 4.92. The van der Waals surface area contributed by atoms with Gasteiger partial charge in [0.2, 0.25) is 0 Å². The summed E-state index contributed by atoms with van der Waals surface area (Å²) in [5.41, 5.74) is 26.0.